The minimum Gasteiger partial charge on any atom is -0.388 e. The highest BCUT2D eigenvalue weighted by molar-refractivity contribution is 6.29. The van der Waals surface area contributed by atoms with Gasteiger partial charge in [0.2, 0.25) is 0 Å². The van der Waals surface area contributed by atoms with E-state index in [0.717, 1.165) is 24.0 Å². The van der Waals surface area contributed by atoms with E-state index in [1.54, 1.807) is 6.20 Å². The summed E-state index contributed by atoms with van der Waals surface area (Å²) in [7, 11) is 0. The predicted molar refractivity (Wildman–Crippen MR) is 60.9 cm³/mol. The van der Waals surface area contributed by atoms with E-state index < -0.39 is 0 Å². The zero-order chi connectivity index (χ0) is 10.8. The lowest BCUT2D eigenvalue weighted by atomic mass is 9.93. The van der Waals surface area contributed by atoms with Crippen molar-refractivity contribution in [3.8, 4) is 0 Å². The van der Waals surface area contributed by atoms with E-state index in [1.165, 1.54) is 12.8 Å². The number of hydrogen-bond donors (Lipinski definition) is 1. The molecule has 0 saturated heterocycles. The number of aryl methyl sites for hydroxylation is 1. The van der Waals surface area contributed by atoms with Crippen LogP contribution in [0.3, 0.4) is 0 Å². The Bertz CT molecular complexity index is 347. The topological polar surface area (TPSA) is 33.1 Å². The Balaban J connectivity index is 2.20. The van der Waals surface area contributed by atoms with Crippen LogP contribution in [-0.4, -0.2) is 10.1 Å². The highest BCUT2D eigenvalue weighted by atomic mass is 35.5. The molecule has 2 nitrogen and oxygen atoms in total. The van der Waals surface area contributed by atoms with Gasteiger partial charge < -0.3 is 5.11 Å². The fourth-order valence-electron chi connectivity index (χ4n) is 2.37. The summed E-state index contributed by atoms with van der Waals surface area (Å²) in [5.74, 6) is 0.409. The molecule has 1 aliphatic carbocycles. The molecule has 0 spiro atoms. The summed E-state index contributed by atoms with van der Waals surface area (Å²) in [6.07, 6.45) is 6.08. The van der Waals surface area contributed by atoms with Crippen molar-refractivity contribution in [3.05, 3.63) is 28.5 Å². The third kappa shape index (κ3) is 2.32. The maximum atomic E-state index is 10.2. The second kappa shape index (κ2) is 4.50. The van der Waals surface area contributed by atoms with Gasteiger partial charge >= 0.3 is 0 Å². The Morgan fingerprint density at radius 1 is 1.47 bits per heavy atom. The first-order chi connectivity index (χ1) is 7.18. The Morgan fingerprint density at radius 2 is 2.13 bits per heavy atom. The van der Waals surface area contributed by atoms with Crippen LogP contribution in [0.2, 0.25) is 5.15 Å². The molecule has 82 valence electrons. The molecule has 1 N–H and O–H groups in total. The number of pyridine rings is 1. The van der Waals surface area contributed by atoms with Gasteiger partial charge in [-0.1, -0.05) is 24.4 Å². The summed E-state index contributed by atoms with van der Waals surface area (Å²) < 4.78 is 0. The first-order valence-electron chi connectivity index (χ1n) is 5.48. The molecule has 1 fully saturated rings. The third-order valence-corrected chi connectivity index (χ3v) is 3.49. The van der Waals surface area contributed by atoms with Crippen molar-refractivity contribution in [2.75, 3.05) is 0 Å². The van der Waals surface area contributed by atoms with E-state index in [2.05, 4.69) is 4.98 Å². The van der Waals surface area contributed by atoms with Gasteiger partial charge in [0.25, 0.3) is 0 Å². The number of rotatable bonds is 2. The molecule has 1 aliphatic rings. The largest absolute Gasteiger partial charge is 0.388 e. The van der Waals surface area contributed by atoms with Gasteiger partial charge in [0.05, 0.1) is 6.10 Å². The average molecular weight is 226 g/mol. The van der Waals surface area contributed by atoms with Crippen LogP contribution in [0.25, 0.3) is 0 Å². The fraction of sp³-hybridized carbons (Fsp3) is 0.583. The molecule has 0 radical (unpaired) electrons. The molecule has 0 aliphatic heterocycles. The minimum atomic E-state index is -0.364. The first-order valence-corrected chi connectivity index (χ1v) is 5.86. The van der Waals surface area contributed by atoms with E-state index >= 15 is 0 Å². The average Bonchev–Trinajstić information content (AvgIpc) is 2.69. The fourth-order valence-corrected chi connectivity index (χ4v) is 2.58. The van der Waals surface area contributed by atoms with Crippen LogP contribution >= 0.6 is 11.6 Å². The quantitative estimate of drug-likeness (QED) is 0.784. The molecule has 1 heterocycles. The summed E-state index contributed by atoms with van der Waals surface area (Å²) in [5.41, 5.74) is 1.97. The Hall–Kier alpha value is -0.600. The van der Waals surface area contributed by atoms with Crippen molar-refractivity contribution in [1.29, 1.82) is 0 Å². The van der Waals surface area contributed by atoms with Crippen molar-refractivity contribution in [3.63, 3.8) is 0 Å². The third-order valence-electron chi connectivity index (χ3n) is 3.28. The molecule has 2 rings (SSSR count). The highest BCUT2D eigenvalue weighted by Crippen LogP contribution is 2.36. The number of halogens is 1. The summed E-state index contributed by atoms with van der Waals surface area (Å²) in [5, 5.41) is 10.7. The van der Waals surface area contributed by atoms with Gasteiger partial charge in [-0.2, -0.15) is 0 Å². The molecule has 1 saturated carbocycles. The number of aliphatic hydroxyl groups excluding tert-OH is 1. The highest BCUT2D eigenvalue weighted by Gasteiger charge is 2.25. The molecule has 15 heavy (non-hydrogen) atoms. The van der Waals surface area contributed by atoms with E-state index in [-0.39, 0.29) is 6.10 Å². The Kier molecular flexibility index (Phi) is 3.27. The van der Waals surface area contributed by atoms with Crippen LogP contribution < -0.4 is 0 Å². The van der Waals surface area contributed by atoms with Crippen molar-refractivity contribution in [2.24, 2.45) is 5.92 Å². The van der Waals surface area contributed by atoms with Gasteiger partial charge in [-0.15, -0.1) is 0 Å². The van der Waals surface area contributed by atoms with Gasteiger partial charge in [-0.25, -0.2) is 4.98 Å². The van der Waals surface area contributed by atoms with Crippen LogP contribution in [0.4, 0.5) is 0 Å². The van der Waals surface area contributed by atoms with Gasteiger partial charge in [-0.05, 0) is 37.3 Å². The number of hydrogen-bond acceptors (Lipinski definition) is 2. The minimum absolute atomic E-state index is 0.364. The van der Waals surface area contributed by atoms with Crippen LogP contribution in [0.15, 0.2) is 12.3 Å². The van der Waals surface area contributed by atoms with Crippen LogP contribution in [-0.2, 0) is 0 Å². The maximum absolute atomic E-state index is 10.2. The molecule has 1 unspecified atom stereocenters. The molecule has 1 atom stereocenters. The van der Waals surface area contributed by atoms with Crippen LogP contribution in [0, 0.1) is 12.8 Å². The SMILES string of the molecule is Cc1cc(Cl)ncc1C(O)C1CCCC1. The van der Waals surface area contributed by atoms with E-state index in [4.69, 9.17) is 11.6 Å². The summed E-state index contributed by atoms with van der Waals surface area (Å²) >= 11 is 5.79. The first kappa shape index (κ1) is 10.9. The maximum Gasteiger partial charge on any atom is 0.129 e. The molecular formula is C12H16ClNO. The summed E-state index contributed by atoms with van der Waals surface area (Å²) in [4.78, 5) is 4.04. The van der Waals surface area contributed by atoms with E-state index in [1.807, 2.05) is 13.0 Å². The van der Waals surface area contributed by atoms with Crippen LogP contribution in [0.1, 0.15) is 42.9 Å². The lowest BCUT2D eigenvalue weighted by Crippen LogP contribution is -2.10. The number of nitrogens with zero attached hydrogens (tertiary/aromatic N) is 1. The van der Waals surface area contributed by atoms with Gasteiger partial charge in [0, 0.05) is 11.8 Å². The van der Waals surface area contributed by atoms with Crippen molar-refractivity contribution in [1.82, 2.24) is 4.98 Å². The van der Waals surface area contributed by atoms with E-state index in [0.29, 0.717) is 11.1 Å². The zero-order valence-electron chi connectivity index (χ0n) is 8.91. The Morgan fingerprint density at radius 3 is 2.73 bits per heavy atom. The van der Waals surface area contributed by atoms with Crippen molar-refractivity contribution in [2.45, 2.75) is 38.7 Å². The standard InChI is InChI=1S/C12H16ClNO/c1-8-6-11(13)14-7-10(8)12(15)9-4-2-3-5-9/h6-7,9,12,15H,2-5H2,1H3. The number of aromatic nitrogens is 1. The van der Waals surface area contributed by atoms with Gasteiger partial charge in [0.15, 0.2) is 0 Å². The second-order valence-electron chi connectivity index (χ2n) is 4.35. The lowest BCUT2D eigenvalue weighted by Gasteiger charge is -2.19. The molecule has 1 aromatic rings. The molecule has 0 bridgehead atoms. The molecule has 1 aromatic heterocycles. The summed E-state index contributed by atoms with van der Waals surface area (Å²) in [6.45, 7) is 1.97. The lowest BCUT2D eigenvalue weighted by molar-refractivity contribution is 0.110. The van der Waals surface area contributed by atoms with Gasteiger partial charge in [0.1, 0.15) is 5.15 Å². The van der Waals surface area contributed by atoms with Gasteiger partial charge in [-0.3, -0.25) is 0 Å². The smallest absolute Gasteiger partial charge is 0.129 e. The van der Waals surface area contributed by atoms with Crippen molar-refractivity contribution >= 4 is 11.6 Å². The molecular weight excluding hydrogens is 210 g/mol. The molecule has 0 amide bonds. The Labute approximate surface area is 95.3 Å². The van der Waals surface area contributed by atoms with Crippen molar-refractivity contribution < 1.29 is 5.11 Å². The molecule has 3 heteroatoms. The summed E-state index contributed by atoms with van der Waals surface area (Å²) in [6, 6.07) is 1.81. The predicted octanol–water partition coefficient (Wildman–Crippen LogP) is 3.27. The van der Waals surface area contributed by atoms with E-state index in [9.17, 15) is 5.11 Å². The zero-order valence-corrected chi connectivity index (χ0v) is 9.67. The normalized spacial score (nSPS) is 19.4. The molecule has 0 aromatic carbocycles. The monoisotopic (exact) mass is 225 g/mol. The number of aliphatic hydroxyl groups is 1. The second-order valence-corrected chi connectivity index (χ2v) is 4.74. The van der Waals surface area contributed by atoms with Crippen LogP contribution in [0.5, 0.6) is 0 Å².